The molecule has 1 aliphatic rings. The highest BCUT2D eigenvalue weighted by Gasteiger charge is 2.16. The molecule has 6 heteroatoms. The number of aromatic nitrogens is 1. The Balaban J connectivity index is 1.30. The Morgan fingerprint density at radius 1 is 1.07 bits per heavy atom. The minimum atomic E-state index is -0.190. The van der Waals surface area contributed by atoms with Crippen LogP contribution in [0.3, 0.4) is 0 Å². The molecule has 1 atom stereocenters. The number of hydrogen-bond acceptors (Lipinski definition) is 5. The van der Waals surface area contributed by atoms with Crippen LogP contribution in [0.4, 0.5) is 5.69 Å². The van der Waals surface area contributed by atoms with Gasteiger partial charge >= 0.3 is 0 Å². The molecule has 0 spiro atoms. The molecule has 2 aromatic carbocycles. The lowest BCUT2D eigenvalue weighted by Gasteiger charge is -2.13. The Morgan fingerprint density at radius 2 is 1.97 bits per heavy atom. The summed E-state index contributed by atoms with van der Waals surface area (Å²) in [5, 5.41) is 2.90. The molecule has 6 nitrogen and oxygen atoms in total. The number of amides is 1. The van der Waals surface area contributed by atoms with Crippen LogP contribution in [0.15, 0.2) is 73.1 Å². The van der Waals surface area contributed by atoms with Crippen LogP contribution < -0.4 is 14.8 Å². The van der Waals surface area contributed by atoms with Crippen molar-refractivity contribution in [1.29, 1.82) is 0 Å². The lowest BCUT2D eigenvalue weighted by molar-refractivity contribution is 0.0680. The van der Waals surface area contributed by atoms with Gasteiger partial charge in [-0.2, -0.15) is 0 Å². The molecule has 1 aliphatic heterocycles. The lowest BCUT2D eigenvalue weighted by atomic mass is 10.2. The second-order valence-electron chi connectivity index (χ2n) is 7.10. The number of nitrogens with zero attached hydrogens (tertiary/aromatic N) is 1. The van der Waals surface area contributed by atoms with E-state index < -0.39 is 0 Å². The smallest absolute Gasteiger partial charge is 0.255 e. The molecule has 1 N–H and O–H groups in total. The molecule has 1 fully saturated rings. The molecule has 1 saturated heterocycles. The van der Waals surface area contributed by atoms with Gasteiger partial charge in [0.15, 0.2) is 0 Å². The van der Waals surface area contributed by atoms with Gasteiger partial charge in [-0.3, -0.25) is 9.78 Å². The number of carbonyl (C=O) groups excluding carboxylic acids is 1. The molecule has 3 aromatic rings. The average Bonchev–Trinajstić information content (AvgIpc) is 3.31. The van der Waals surface area contributed by atoms with E-state index in [1.165, 1.54) is 0 Å². The number of pyridine rings is 1. The summed E-state index contributed by atoms with van der Waals surface area (Å²) >= 11 is 0. The summed E-state index contributed by atoms with van der Waals surface area (Å²) in [6.45, 7) is 1.76. The van der Waals surface area contributed by atoms with E-state index in [2.05, 4.69) is 10.3 Å². The summed E-state index contributed by atoms with van der Waals surface area (Å²) in [5.41, 5.74) is 2.22. The number of hydrogen-bond donors (Lipinski definition) is 1. The fourth-order valence-corrected chi connectivity index (χ4v) is 3.18. The van der Waals surface area contributed by atoms with Gasteiger partial charge in [-0.25, -0.2) is 0 Å². The molecule has 30 heavy (non-hydrogen) atoms. The Labute approximate surface area is 175 Å². The number of carbonyl (C=O) groups is 1. The molecular formula is C24H24N2O4. The largest absolute Gasteiger partial charge is 0.491 e. The zero-order valence-corrected chi connectivity index (χ0v) is 16.6. The first kappa shape index (κ1) is 19.9. The molecule has 0 bridgehead atoms. The Bertz CT molecular complexity index is 954. The Kier molecular flexibility index (Phi) is 6.57. The van der Waals surface area contributed by atoms with Crippen molar-refractivity contribution in [3.8, 4) is 11.5 Å². The van der Waals surface area contributed by atoms with E-state index in [1.54, 1.807) is 36.7 Å². The predicted molar refractivity (Wildman–Crippen MR) is 114 cm³/mol. The minimum Gasteiger partial charge on any atom is -0.491 e. The van der Waals surface area contributed by atoms with Gasteiger partial charge in [-0.05, 0) is 55.3 Å². The van der Waals surface area contributed by atoms with Gasteiger partial charge < -0.3 is 19.5 Å². The summed E-state index contributed by atoms with van der Waals surface area (Å²) < 4.78 is 17.1. The number of ether oxygens (including phenoxy) is 3. The maximum Gasteiger partial charge on any atom is 0.255 e. The highest BCUT2D eigenvalue weighted by atomic mass is 16.5. The zero-order chi connectivity index (χ0) is 20.6. The topological polar surface area (TPSA) is 69.7 Å². The quantitative estimate of drug-likeness (QED) is 0.600. The maximum absolute atomic E-state index is 12.6. The fourth-order valence-electron chi connectivity index (χ4n) is 3.18. The number of rotatable bonds is 8. The number of nitrogens with one attached hydrogen (secondary N) is 1. The number of anilines is 1. The van der Waals surface area contributed by atoms with Crippen LogP contribution in [0.25, 0.3) is 0 Å². The highest BCUT2D eigenvalue weighted by Crippen LogP contribution is 2.21. The molecule has 0 saturated carbocycles. The molecule has 0 radical (unpaired) electrons. The summed E-state index contributed by atoms with van der Waals surface area (Å²) in [6, 6.07) is 18.3. The standard InChI is InChI=1S/C24H24N2O4/c27-24(19-8-10-21(11-9-19)29-16-18-4-2-12-25-15-18)26-20-5-1-6-22(14-20)30-17-23-7-3-13-28-23/h1-2,4-6,8-12,14-15,23H,3,7,13,16-17H2,(H,26,27). The van der Waals surface area contributed by atoms with Crippen LogP contribution >= 0.6 is 0 Å². The molecule has 1 unspecified atom stereocenters. The van der Waals surface area contributed by atoms with Crippen LogP contribution in [0.2, 0.25) is 0 Å². The third kappa shape index (κ3) is 5.58. The first-order valence-corrected chi connectivity index (χ1v) is 10.0. The zero-order valence-electron chi connectivity index (χ0n) is 16.6. The highest BCUT2D eigenvalue weighted by molar-refractivity contribution is 6.04. The van der Waals surface area contributed by atoms with Gasteiger partial charge in [0.1, 0.15) is 24.7 Å². The minimum absolute atomic E-state index is 0.155. The van der Waals surface area contributed by atoms with Gasteiger partial charge in [0.25, 0.3) is 5.91 Å². The van der Waals surface area contributed by atoms with Crippen molar-refractivity contribution in [1.82, 2.24) is 4.98 Å². The third-order valence-electron chi connectivity index (χ3n) is 4.80. The van der Waals surface area contributed by atoms with Gasteiger partial charge in [0.05, 0.1) is 6.10 Å². The predicted octanol–water partition coefficient (Wildman–Crippen LogP) is 4.47. The molecule has 4 rings (SSSR count). The van der Waals surface area contributed by atoms with E-state index in [0.717, 1.165) is 25.0 Å². The summed E-state index contributed by atoms with van der Waals surface area (Å²) in [4.78, 5) is 16.6. The van der Waals surface area contributed by atoms with E-state index >= 15 is 0 Å². The first-order valence-electron chi connectivity index (χ1n) is 10.0. The fraction of sp³-hybridized carbons (Fsp3) is 0.250. The Hall–Kier alpha value is -3.38. The second kappa shape index (κ2) is 9.89. The molecule has 2 heterocycles. The van der Waals surface area contributed by atoms with Crippen molar-refractivity contribution in [2.45, 2.75) is 25.6 Å². The van der Waals surface area contributed by atoms with E-state index in [-0.39, 0.29) is 12.0 Å². The third-order valence-corrected chi connectivity index (χ3v) is 4.80. The maximum atomic E-state index is 12.6. The second-order valence-corrected chi connectivity index (χ2v) is 7.10. The molecule has 0 aliphatic carbocycles. The normalized spacial score (nSPS) is 15.5. The summed E-state index contributed by atoms with van der Waals surface area (Å²) in [7, 11) is 0. The van der Waals surface area contributed by atoms with E-state index in [1.807, 2.05) is 36.4 Å². The summed E-state index contributed by atoms with van der Waals surface area (Å²) in [6.07, 6.45) is 5.75. The van der Waals surface area contributed by atoms with Crippen molar-refractivity contribution in [3.05, 3.63) is 84.2 Å². The average molecular weight is 404 g/mol. The van der Waals surface area contributed by atoms with E-state index in [4.69, 9.17) is 14.2 Å². The van der Waals surface area contributed by atoms with Crippen LogP contribution in [0.1, 0.15) is 28.8 Å². The van der Waals surface area contributed by atoms with Gasteiger partial charge in [0, 0.05) is 41.9 Å². The first-order chi connectivity index (χ1) is 14.8. The SMILES string of the molecule is O=C(Nc1cccc(OCC2CCCO2)c1)c1ccc(OCc2cccnc2)cc1. The van der Waals surface area contributed by atoms with E-state index in [9.17, 15) is 4.79 Å². The summed E-state index contributed by atoms with van der Waals surface area (Å²) in [5.74, 6) is 1.22. The van der Waals surface area contributed by atoms with Crippen LogP contribution in [-0.2, 0) is 11.3 Å². The van der Waals surface area contributed by atoms with Crippen LogP contribution in [0.5, 0.6) is 11.5 Å². The van der Waals surface area contributed by atoms with Crippen LogP contribution in [-0.4, -0.2) is 30.2 Å². The van der Waals surface area contributed by atoms with Crippen molar-refractivity contribution in [2.75, 3.05) is 18.5 Å². The van der Waals surface area contributed by atoms with E-state index in [0.29, 0.717) is 36.0 Å². The monoisotopic (exact) mass is 404 g/mol. The molecule has 1 aromatic heterocycles. The number of benzene rings is 2. The molecule has 1 amide bonds. The van der Waals surface area contributed by atoms with Crippen molar-refractivity contribution >= 4 is 11.6 Å². The molecular weight excluding hydrogens is 380 g/mol. The van der Waals surface area contributed by atoms with Gasteiger partial charge in [-0.1, -0.05) is 12.1 Å². The lowest BCUT2D eigenvalue weighted by Crippen LogP contribution is -2.16. The van der Waals surface area contributed by atoms with Crippen molar-refractivity contribution in [2.24, 2.45) is 0 Å². The Morgan fingerprint density at radius 3 is 2.73 bits per heavy atom. The van der Waals surface area contributed by atoms with Gasteiger partial charge in [0.2, 0.25) is 0 Å². The van der Waals surface area contributed by atoms with Crippen molar-refractivity contribution < 1.29 is 19.0 Å². The van der Waals surface area contributed by atoms with Crippen LogP contribution in [0, 0.1) is 0 Å². The molecule has 154 valence electrons. The van der Waals surface area contributed by atoms with Gasteiger partial charge in [-0.15, -0.1) is 0 Å². The van der Waals surface area contributed by atoms with Crippen molar-refractivity contribution in [3.63, 3.8) is 0 Å².